The first-order chi connectivity index (χ1) is 15.0. The number of anilines is 1. The smallest absolute Gasteiger partial charge is 0.186 e. The summed E-state index contributed by atoms with van der Waals surface area (Å²) in [6, 6.07) is 12.1. The molecule has 7 heteroatoms. The first-order valence-corrected chi connectivity index (χ1v) is 12.0. The second-order valence-electron chi connectivity index (χ2n) is 7.15. The highest BCUT2D eigenvalue weighted by atomic mass is 35.5. The van der Waals surface area contributed by atoms with Gasteiger partial charge in [0.1, 0.15) is 6.23 Å². The highest BCUT2D eigenvalue weighted by Gasteiger charge is 2.33. The summed E-state index contributed by atoms with van der Waals surface area (Å²) in [5, 5.41) is 13.0. The minimum Gasteiger partial charge on any atom is -0.378 e. The van der Waals surface area contributed by atoms with Crippen molar-refractivity contribution in [1.29, 1.82) is 0 Å². The lowest BCUT2D eigenvalue weighted by Crippen LogP contribution is -2.41. The molecule has 2 atom stereocenters. The number of aliphatic hydroxyl groups excluding tert-OH is 1. The minimum atomic E-state index is -0.957. The minimum absolute atomic E-state index is 0.213. The van der Waals surface area contributed by atoms with Crippen LogP contribution in [0.1, 0.15) is 50.4 Å². The van der Waals surface area contributed by atoms with E-state index in [1.807, 2.05) is 45.9 Å². The first kappa shape index (κ1) is 23.5. The normalized spacial score (nSPS) is 16.3. The number of hydrogen-bond acceptors (Lipinski definition) is 5. The number of rotatable bonds is 2. The van der Waals surface area contributed by atoms with Crippen molar-refractivity contribution in [2.45, 2.75) is 53.3 Å². The molecule has 4 aromatic rings. The van der Waals surface area contributed by atoms with Crippen molar-refractivity contribution in [2.75, 3.05) is 11.4 Å². The SMILES string of the molecule is CC.CC.Cc1ccc2nc(N3Cc4[nH]c5ccc(Cl)cc5c4C(C(N)O)C3)sc2c1. The van der Waals surface area contributed by atoms with E-state index in [1.165, 1.54) is 10.3 Å². The number of nitrogens with two attached hydrogens (primary N) is 1. The van der Waals surface area contributed by atoms with E-state index in [-0.39, 0.29) is 5.92 Å². The molecule has 31 heavy (non-hydrogen) atoms. The Morgan fingerprint density at radius 1 is 1.19 bits per heavy atom. The van der Waals surface area contributed by atoms with Gasteiger partial charge in [-0.3, -0.25) is 0 Å². The Labute approximate surface area is 192 Å². The van der Waals surface area contributed by atoms with Crippen LogP contribution in [-0.2, 0) is 6.54 Å². The number of nitrogens with one attached hydrogen (secondary N) is 1. The van der Waals surface area contributed by atoms with Crippen molar-refractivity contribution in [3.8, 4) is 0 Å². The molecule has 1 aliphatic rings. The Morgan fingerprint density at radius 3 is 2.65 bits per heavy atom. The van der Waals surface area contributed by atoms with Gasteiger partial charge in [0, 0.05) is 34.1 Å². The van der Waals surface area contributed by atoms with Crippen molar-refractivity contribution >= 4 is 49.2 Å². The van der Waals surface area contributed by atoms with E-state index < -0.39 is 6.23 Å². The van der Waals surface area contributed by atoms with Crippen molar-refractivity contribution in [2.24, 2.45) is 5.73 Å². The molecular weight excluding hydrogens is 428 g/mol. The molecule has 4 N–H and O–H groups in total. The summed E-state index contributed by atoms with van der Waals surface area (Å²) in [5.41, 5.74) is 11.3. The van der Waals surface area contributed by atoms with E-state index >= 15 is 0 Å². The number of benzene rings is 2. The summed E-state index contributed by atoms with van der Waals surface area (Å²) >= 11 is 7.87. The van der Waals surface area contributed by atoms with Gasteiger partial charge < -0.3 is 20.7 Å². The van der Waals surface area contributed by atoms with Gasteiger partial charge in [-0.25, -0.2) is 4.98 Å². The molecular formula is C24H31ClN4OS. The maximum absolute atomic E-state index is 10.3. The molecule has 0 fully saturated rings. The summed E-state index contributed by atoms with van der Waals surface area (Å²) < 4.78 is 1.17. The summed E-state index contributed by atoms with van der Waals surface area (Å²) in [6.45, 7) is 11.4. The second-order valence-corrected chi connectivity index (χ2v) is 8.60. The maximum atomic E-state index is 10.3. The molecule has 2 aromatic heterocycles. The summed E-state index contributed by atoms with van der Waals surface area (Å²) in [7, 11) is 0. The average molecular weight is 459 g/mol. The van der Waals surface area contributed by atoms with E-state index in [0.717, 1.165) is 32.8 Å². The predicted octanol–water partition coefficient (Wildman–Crippen LogP) is 6.17. The monoisotopic (exact) mass is 458 g/mol. The fourth-order valence-corrected chi connectivity index (χ4v) is 5.20. The van der Waals surface area contributed by atoms with Gasteiger partial charge in [0.15, 0.2) is 5.13 Å². The van der Waals surface area contributed by atoms with Gasteiger partial charge in [-0.2, -0.15) is 0 Å². The van der Waals surface area contributed by atoms with Gasteiger partial charge in [-0.15, -0.1) is 0 Å². The van der Waals surface area contributed by atoms with E-state index in [1.54, 1.807) is 11.3 Å². The van der Waals surface area contributed by atoms with E-state index in [9.17, 15) is 5.11 Å². The summed E-state index contributed by atoms with van der Waals surface area (Å²) in [5.74, 6) is -0.213. The van der Waals surface area contributed by atoms with E-state index in [0.29, 0.717) is 18.1 Å². The van der Waals surface area contributed by atoms with Gasteiger partial charge >= 0.3 is 0 Å². The van der Waals surface area contributed by atoms with Crippen LogP contribution in [0.25, 0.3) is 21.1 Å². The van der Waals surface area contributed by atoms with E-state index in [2.05, 4.69) is 35.0 Å². The number of nitrogens with zero attached hydrogens (tertiary/aromatic N) is 2. The third-order valence-electron chi connectivity index (χ3n) is 5.23. The van der Waals surface area contributed by atoms with Crippen molar-refractivity contribution in [1.82, 2.24) is 9.97 Å². The third-order valence-corrected chi connectivity index (χ3v) is 6.55. The number of H-pyrrole nitrogens is 1. The second kappa shape index (κ2) is 10.0. The molecule has 0 spiro atoms. The number of aryl methyl sites for hydroxylation is 1. The molecule has 0 bridgehead atoms. The molecule has 2 unspecified atom stereocenters. The lowest BCUT2D eigenvalue weighted by atomic mass is 9.91. The fraction of sp³-hybridized carbons (Fsp3) is 0.375. The Morgan fingerprint density at radius 2 is 1.94 bits per heavy atom. The van der Waals surface area contributed by atoms with Gasteiger partial charge in [0.2, 0.25) is 0 Å². The average Bonchev–Trinajstić information content (AvgIpc) is 3.36. The van der Waals surface area contributed by atoms with Crippen LogP contribution in [0.4, 0.5) is 5.13 Å². The first-order valence-electron chi connectivity index (χ1n) is 10.9. The van der Waals surface area contributed by atoms with Crippen molar-refractivity contribution in [3.05, 3.63) is 58.2 Å². The van der Waals surface area contributed by atoms with Gasteiger partial charge in [0.05, 0.1) is 16.8 Å². The molecule has 0 amide bonds. The largest absolute Gasteiger partial charge is 0.378 e. The van der Waals surface area contributed by atoms with Crippen molar-refractivity contribution in [3.63, 3.8) is 0 Å². The van der Waals surface area contributed by atoms with Crippen LogP contribution in [0.15, 0.2) is 36.4 Å². The van der Waals surface area contributed by atoms with Crippen molar-refractivity contribution < 1.29 is 5.11 Å². The molecule has 5 rings (SSSR count). The predicted molar refractivity (Wildman–Crippen MR) is 134 cm³/mol. The third kappa shape index (κ3) is 4.58. The molecule has 166 valence electrons. The number of hydrogen-bond donors (Lipinski definition) is 3. The van der Waals surface area contributed by atoms with Crippen LogP contribution in [0, 0.1) is 6.92 Å². The van der Waals surface area contributed by atoms with Crippen LogP contribution in [-0.4, -0.2) is 27.8 Å². The quantitative estimate of drug-likeness (QED) is 0.314. The molecule has 3 heterocycles. The maximum Gasteiger partial charge on any atom is 0.186 e. The Hall–Kier alpha value is -2.12. The van der Waals surface area contributed by atoms with Crippen LogP contribution in [0.2, 0.25) is 5.02 Å². The van der Waals surface area contributed by atoms with Crippen LogP contribution in [0.3, 0.4) is 0 Å². The van der Waals surface area contributed by atoms with Crippen LogP contribution < -0.4 is 10.6 Å². The highest BCUT2D eigenvalue weighted by molar-refractivity contribution is 7.22. The number of aliphatic hydroxyl groups is 1. The van der Waals surface area contributed by atoms with E-state index in [4.69, 9.17) is 22.3 Å². The highest BCUT2D eigenvalue weighted by Crippen LogP contribution is 2.40. The Bertz CT molecular complexity index is 1170. The van der Waals surface area contributed by atoms with Gasteiger partial charge in [-0.1, -0.05) is 56.7 Å². The van der Waals surface area contributed by atoms with Crippen LogP contribution in [0.5, 0.6) is 0 Å². The fourth-order valence-electron chi connectivity index (χ4n) is 3.95. The number of halogens is 1. The molecule has 5 nitrogen and oxygen atoms in total. The lowest BCUT2D eigenvalue weighted by Gasteiger charge is -2.34. The number of aromatic amines is 1. The number of aromatic nitrogens is 2. The zero-order chi connectivity index (χ0) is 22.7. The number of thiazole rings is 1. The lowest BCUT2D eigenvalue weighted by molar-refractivity contribution is 0.149. The molecule has 0 saturated heterocycles. The van der Waals surface area contributed by atoms with Gasteiger partial charge in [-0.05, 0) is 48.4 Å². The zero-order valence-electron chi connectivity index (χ0n) is 18.7. The molecule has 0 saturated carbocycles. The topological polar surface area (TPSA) is 78.2 Å². The van der Waals surface area contributed by atoms with Crippen LogP contribution >= 0.6 is 22.9 Å². The standard InChI is InChI=1S/C20H19ClN4OS.2C2H6/c1-10-2-4-15-17(6-10)27-20(24-15)25-8-13(19(22)26)18-12-7-11(21)3-5-14(12)23-16(18)9-25;2*1-2/h2-7,13,19,23,26H,8-9,22H2,1H3;2*1-2H3. The molecule has 1 aliphatic heterocycles. The summed E-state index contributed by atoms with van der Waals surface area (Å²) in [6.07, 6.45) is -0.957. The Balaban J connectivity index is 0.000000645. The molecule has 2 aromatic carbocycles. The Kier molecular flexibility index (Phi) is 7.59. The summed E-state index contributed by atoms with van der Waals surface area (Å²) in [4.78, 5) is 10.5. The number of fused-ring (bicyclic) bond motifs is 4. The molecule has 0 radical (unpaired) electrons. The molecule has 0 aliphatic carbocycles. The van der Waals surface area contributed by atoms with Gasteiger partial charge in [0.25, 0.3) is 0 Å². The zero-order valence-corrected chi connectivity index (χ0v) is 20.3.